The second-order valence-corrected chi connectivity index (χ2v) is 2.47. The van der Waals surface area contributed by atoms with Crippen molar-refractivity contribution in [1.82, 2.24) is 9.97 Å². The molecule has 0 saturated heterocycles. The van der Waals surface area contributed by atoms with Crippen molar-refractivity contribution < 1.29 is 9.47 Å². The van der Waals surface area contributed by atoms with Crippen LogP contribution in [-0.2, 0) is 6.42 Å². The minimum Gasteiger partial charge on any atom is -0.478 e. The van der Waals surface area contributed by atoms with Gasteiger partial charge in [0.05, 0.1) is 13.7 Å². The molecule has 4 nitrogen and oxygen atoms in total. The van der Waals surface area contributed by atoms with Crippen molar-refractivity contribution in [1.29, 1.82) is 0 Å². The average molecular weight is 182 g/mol. The lowest BCUT2D eigenvalue weighted by Crippen LogP contribution is -2.01. The first-order chi connectivity index (χ1) is 6.31. The van der Waals surface area contributed by atoms with Gasteiger partial charge in [-0.25, -0.2) is 4.98 Å². The normalized spacial score (nSPS) is 9.77. The summed E-state index contributed by atoms with van der Waals surface area (Å²) in [7, 11) is 1.54. The smallest absolute Gasteiger partial charge is 0.319 e. The molecule has 0 saturated carbocycles. The second-order valence-electron chi connectivity index (χ2n) is 2.47. The van der Waals surface area contributed by atoms with Gasteiger partial charge in [-0.2, -0.15) is 4.98 Å². The van der Waals surface area contributed by atoms with Gasteiger partial charge in [0.1, 0.15) is 0 Å². The highest BCUT2D eigenvalue weighted by Crippen LogP contribution is 2.17. The molecule has 1 aromatic heterocycles. The van der Waals surface area contributed by atoms with Gasteiger partial charge in [0.25, 0.3) is 0 Å². The van der Waals surface area contributed by atoms with Crippen molar-refractivity contribution in [2.75, 3.05) is 13.7 Å². The first-order valence-electron chi connectivity index (χ1n) is 4.34. The fraction of sp³-hybridized carbons (Fsp3) is 0.556. The third kappa shape index (κ3) is 2.31. The number of methoxy groups -OCH3 is 1. The van der Waals surface area contributed by atoms with Crippen molar-refractivity contribution in [2.24, 2.45) is 0 Å². The van der Waals surface area contributed by atoms with Gasteiger partial charge in [-0.3, -0.25) is 0 Å². The number of ether oxygens (including phenoxy) is 2. The lowest BCUT2D eigenvalue weighted by Gasteiger charge is -2.07. The molecule has 0 aliphatic rings. The Morgan fingerprint density at radius 3 is 2.69 bits per heavy atom. The van der Waals surface area contributed by atoms with Gasteiger partial charge in [-0.05, 0) is 13.3 Å². The Hall–Kier alpha value is -1.32. The molecule has 1 rings (SSSR count). The van der Waals surface area contributed by atoms with Gasteiger partial charge in [0.2, 0.25) is 5.88 Å². The van der Waals surface area contributed by atoms with Gasteiger partial charge < -0.3 is 9.47 Å². The molecule has 0 bridgehead atoms. The summed E-state index contributed by atoms with van der Waals surface area (Å²) in [6.07, 6.45) is 2.59. The summed E-state index contributed by atoms with van der Waals surface area (Å²) in [5.41, 5.74) is 1.00. The van der Waals surface area contributed by atoms with Crippen LogP contribution in [0.3, 0.4) is 0 Å². The number of aromatic nitrogens is 2. The van der Waals surface area contributed by atoms with Crippen LogP contribution in [0, 0.1) is 0 Å². The highest BCUT2D eigenvalue weighted by Gasteiger charge is 2.05. The molecule has 4 heteroatoms. The number of nitrogens with zero attached hydrogens (tertiary/aromatic N) is 2. The fourth-order valence-corrected chi connectivity index (χ4v) is 0.978. The molecule has 0 unspecified atom stereocenters. The number of hydrogen-bond donors (Lipinski definition) is 0. The van der Waals surface area contributed by atoms with Gasteiger partial charge in [0, 0.05) is 11.8 Å². The van der Waals surface area contributed by atoms with Crippen molar-refractivity contribution in [3.8, 4) is 11.9 Å². The number of aryl methyl sites for hydroxylation is 1. The SMILES string of the molecule is CCOc1nc(OC)ncc1CC. The molecule has 0 atom stereocenters. The highest BCUT2D eigenvalue weighted by atomic mass is 16.5. The monoisotopic (exact) mass is 182 g/mol. The molecule has 72 valence electrons. The van der Waals surface area contributed by atoms with Crippen LogP contribution in [0.25, 0.3) is 0 Å². The highest BCUT2D eigenvalue weighted by molar-refractivity contribution is 5.24. The van der Waals surface area contributed by atoms with E-state index in [0.717, 1.165) is 12.0 Å². The van der Waals surface area contributed by atoms with Gasteiger partial charge >= 0.3 is 6.01 Å². The molecule has 1 heterocycles. The maximum absolute atomic E-state index is 5.34. The molecular weight excluding hydrogens is 168 g/mol. The molecule has 0 spiro atoms. The summed E-state index contributed by atoms with van der Waals surface area (Å²) in [5.74, 6) is 0.622. The van der Waals surface area contributed by atoms with E-state index < -0.39 is 0 Å². The van der Waals surface area contributed by atoms with Crippen molar-refractivity contribution >= 4 is 0 Å². The fourth-order valence-electron chi connectivity index (χ4n) is 0.978. The first-order valence-corrected chi connectivity index (χ1v) is 4.34. The second kappa shape index (κ2) is 4.64. The van der Waals surface area contributed by atoms with Crippen LogP contribution in [0.2, 0.25) is 0 Å². The van der Waals surface area contributed by atoms with Crippen LogP contribution < -0.4 is 9.47 Å². The van der Waals surface area contributed by atoms with Crippen molar-refractivity contribution in [2.45, 2.75) is 20.3 Å². The van der Waals surface area contributed by atoms with E-state index in [-0.39, 0.29) is 0 Å². The van der Waals surface area contributed by atoms with Crippen LogP contribution >= 0.6 is 0 Å². The van der Waals surface area contributed by atoms with Gasteiger partial charge in [-0.1, -0.05) is 6.92 Å². The topological polar surface area (TPSA) is 44.2 Å². The maximum atomic E-state index is 5.34. The van der Waals surface area contributed by atoms with Crippen molar-refractivity contribution in [3.05, 3.63) is 11.8 Å². The van der Waals surface area contributed by atoms with E-state index >= 15 is 0 Å². The minimum atomic E-state index is 0.348. The van der Waals surface area contributed by atoms with Crippen LogP contribution in [0.4, 0.5) is 0 Å². The summed E-state index contributed by atoms with van der Waals surface area (Å²) >= 11 is 0. The zero-order chi connectivity index (χ0) is 9.68. The van der Waals surface area contributed by atoms with Crippen LogP contribution in [0.1, 0.15) is 19.4 Å². The zero-order valence-corrected chi connectivity index (χ0v) is 8.20. The van der Waals surface area contributed by atoms with E-state index in [4.69, 9.17) is 9.47 Å². The Balaban J connectivity index is 2.95. The summed E-state index contributed by atoms with van der Waals surface area (Å²) in [6, 6.07) is 0.348. The average Bonchev–Trinajstić information content (AvgIpc) is 2.18. The predicted octanol–water partition coefficient (Wildman–Crippen LogP) is 1.45. The van der Waals surface area contributed by atoms with Crippen LogP contribution in [-0.4, -0.2) is 23.7 Å². The van der Waals surface area contributed by atoms with Crippen molar-refractivity contribution in [3.63, 3.8) is 0 Å². The molecule has 1 aromatic rings. The summed E-state index contributed by atoms with van der Waals surface area (Å²) in [5, 5.41) is 0. The lowest BCUT2D eigenvalue weighted by molar-refractivity contribution is 0.308. The largest absolute Gasteiger partial charge is 0.478 e. The lowest BCUT2D eigenvalue weighted by atomic mass is 10.2. The van der Waals surface area contributed by atoms with Crippen LogP contribution in [0.15, 0.2) is 6.20 Å². The molecule has 0 aromatic carbocycles. The molecule has 0 aliphatic heterocycles. The molecule has 0 N–H and O–H groups in total. The zero-order valence-electron chi connectivity index (χ0n) is 8.20. The first kappa shape index (κ1) is 9.77. The van der Waals surface area contributed by atoms with Gasteiger partial charge in [0.15, 0.2) is 0 Å². The Morgan fingerprint density at radius 2 is 2.15 bits per heavy atom. The minimum absolute atomic E-state index is 0.348. The quantitative estimate of drug-likeness (QED) is 0.706. The maximum Gasteiger partial charge on any atom is 0.319 e. The summed E-state index contributed by atoms with van der Waals surface area (Å²) < 4.78 is 10.2. The third-order valence-electron chi connectivity index (χ3n) is 1.65. The molecule has 13 heavy (non-hydrogen) atoms. The van der Waals surface area contributed by atoms with E-state index in [2.05, 4.69) is 9.97 Å². The number of rotatable bonds is 4. The Morgan fingerprint density at radius 1 is 1.38 bits per heavy atom. The molecule has 0 radical (unpaired) electrons. The molecule has 0 amide bonds. The van der Waals surface area contributed by atoms with Gasteiger partial charge in [-0.15, -0.1) is 0 Å². The van der Waals surface area contributed by atoms with E-state index in [1.807, 2.05) is 13.8 Å². The number of hydrogen-bond acceptors (Lipinski definition) is 4. The predicted molar refractivity (Wildman–Crippen MR) is 49.1 cm³/mol. The Labute approximate surface area is 77.9 Å². The van der Waals surface area contributed by atoms with E-state index in [0.29, 0.717) is 18.5 Å². The summed E-state index contributed by atoms with van der Waals surface area (Å²) in [6.45, 7) is 4.56. The molecule has 0 aliphatic carbocycles. The molecular formula is C9H14N2O2. The Kier molecular flexibility index (Phi) is 3.49. The molecule has 0 fully saturated rings. The van der Waals surface area contributed by atoms with E-state index in [1.165, 1.54) is 7.11 Å². The Bertz CT molecular complexity index is 276. The third-order valence-corrected chi connectivity index (χ3v) is 1.65. The van der Waals surface area contributed by atoms with Crippen LogP contribution in [0.5, 0.6) is 11.9 Å². The standard InChI is InChI=1S/C9H14N2O2/c1-4-7-6-10-9(12-3)11-8(7)13-5-2/h6H,4-5H2,1-3H3. The summed E-state index contributed by atoms with van der Waals surface area (Å²) in [4.78, 5) is 8.09. The van der Waals surface area contributed by atoms with E-state index in [1.54, 1.807) is 6.20 Å². The van der Waals surface area contributed by atoms with E-state index in [9.17, 15) is 0 Å².